The molecule has 64 valence electrons. The van der Waals surface area contributed by atoms with Crippen molar-refractivity contribution in [3.05, 3.63) is 0 Å². The van der Waals surface area contributed by atoms with Crippen LogP contribution in [0, 0.1) is 5.92 Å². The zero-order chi connectivity index (χ0) is 8.10. The van der Waals surface area contributed by atoms with E-state index in [1.54, 1.807) is 0 Å². The fourth-order valence-electron chi connectivity index (χ4n) is 1.88. The number of hydrogen-bond donors (Lipinski definition) is 1. The van der Waals surface area contributed by atoms with Gasteiger partial charge >= 0.3 is 0 Å². The maximum absolute atomic E-state index is 8.56. The Bertz CT molecular complexity index is 140. The Morgan fingerprint density at radius 3 is 3.09 bits per heavy atom. The molecule has 0 heterocycles. The van der Waals surface area contributed by atoms with Gasteiger partial charge in [0, 0.05) is 0 Å². The Morgan fingerprint density at radius 1 is 1.64 bits per heavy atom. The Balaban J connectivity index is 2.33. The molecule has 0 amide bonds. The van der Waals surface area contributed by atoms with Crippen molar-refractivity contribution in [2.75, 3.05) is 0 Å². The van der Waals surface area contributed by atoms with Crippen molar-refractivity contribution < 1.29 is 5.21 Å². The summed E-state index contributed by atoms with van der Waals surface area (Å²) in [4.78, 5) is 0. The molecule has 0 saturated heterocycles. The summed E-state index contributed by atoms with van der Waals surface area (Å²) >= 11 is 0. The third-order valence-corrected chi connectivity index (χ3v) is 2.44. The lowest BCUT2D eigenvalue weighted by atomic mass is 9.85. The van der Waals surface area contributed by atoms with E-state index in [0.717, 1.165) is 24.5 Å². The molecule has 1 unspecified atom stereocenters. The molecule has 2 nitrogen and oxygen atoms in total. The van der Waals surface area contributed by atoms with E-state index in [0.29, 0.717) is 0 Å². The lowest BCUT2D eigenvalue weighted by Crippen LogP contribution is -2.14. The Labute approximate surface area is 68.3 Å². The van der Waals surface area contributed by atoms with Crippen LogP contribution in [0.15, 0.2) is 5.16 Å². The summed E-state index contributed by atoms with van der Waals surface area (Å²) in [6, 6.07) is 0. The monoisotopic (exact) mass is 155 g/mol. The average Bonchev–Trinajstić information content (AvgIpc) is 2.06. The van der Waals surface area contributed by atoms with E-state index in [9.17, 15) is 0 Å². The summed E-state index contributed by atoms with van der Waals surface area (Å²) in [6.45, 7) is 2.21. The van der Waals surface area contributed by atoms with Crippen LogP contribution in [0.25, 0.3) is 0 Å². The molecular formula is C9H17NO. The van der Waals surface area contributed by atoms with E-state index < -0.39 is 0 Å². The first-order chi connectivity index (χ1) is 5.36. The molecule has 2 heteroatoms. The van der Waals surface area contributed by atoms with Crippen molar-refractivity contribution >= 4 is 5.71 Å². The molecule has 1 N–H and O–H groups in total. The lowest BCUT2D eigenvalue weighted by molar-refractivity contribution is 0.308. The van der Waals surface area contributed by atoms with E-state index in [1.807, 2.05) is 0 Å². The maximum atomic E-state index is 8.56. The Morgan fingerprint density at radius 2 is 2.45 bits per heavy atom. The van der Waals surface area contributed by atoms with Gasteiger partial charge in [-0.25, -0.2) is 0 Å². The van der Waals surface area contributed by atoms with Crippen LogP contribution < -0.4 is 0 Å². The van der Waals surface area contributed by atoms with Crippen molar-refractivity contribution in [3.63, 3.8) is 0 Å². The van der Waals surface area contributed by atoms with Gasteiger partial charge in [-0.3, -0.25) is 0 Å². The summed E-state index contributed by atoms with van der Waals surface area (Å²) in [6.07, 6.45) is 7.13. The van der Waals surface area contributed by atoms with Gasteiger partial charge in [0.1, 0.15) is 0 Å². The van der Waals surface area contributed by atoms with Gasteiger partial charge < -0.3 is 5.21 Å². The Hall–Kier alpha value is -0.530. The summed E-state index contributed by atoms with van der Waals surface area (Å²) in [5.74, 6) is 0.791. The minimum absolute atomic E-state index is 0.791. The van der Waals surface area contributed by atoms with Gasteiger partial charge in [0.25, 0.3) is 0 Å². The molecule has 1 aliphatic rings. The quantitative estimate of drug-likeness (QED) is 0.482. The van der Waals surface area contributed by atoms with E-state index in [-0.39, 0.29) is 0 Å². The molecule has 1 aliphatic carbocycles. The molecule has 0 radical (unpaired) electrons. The molecule has 1 rings (SSSR count). The van der Waals surface area contributed by atoms with Crippen LogP contribution in [0.2, 0.25) is 0 Å². The molecule has 11 heavy (non-hydrogen) atoms. The molecule has 0 aromatic carbocycles. The summed E-state index contributed by atoms with van der Waals surface area (Å²) < 4.78 is 0. The van der Waals surface area contributed by atoms with E-state index in [2.05, 4.69) is 12.1 Å². The Kier molecular flexibility index (Phi) is 3.40. The van der Waals surface area contributed by atoms with Crippen LogP contribution in [0.4, 0.5) is 0 Å². The molecule has 1 atom stereocenters. The average molecular weight is 155 g/mol. The standard InChI is InChI=1S/C9H17NO/c1-2-4-8-5-3-6-9(7-8)10-11/h8,11H,2-7H2,1H3/b10-9+. The number of nitrogens with zero attached hydrogens (tertiary/aromatic N) is 1. The van der Waals surface area contributed by atoms with Gasteiger partial charge in [-0.1, -0.05) is 24.9 Å². The minimum atomic E-state index is 0.791. The predicted molar refractivity (Wildman–Crippen MR) is 46.1 cm³/mol. The highest BCUT2D eigenvalue weighted by Gasteiger charge is 2.17. The molecule has 0 aromatic heterocycles. The highest BCUT2D eigenvalue weighted by atomic mass is 16.4. The first-order valence-electron chi connectivity index (χ1n) is 4.56. The van der Waals surface area contributed by atoms with Crippen LogP contribution >= 0.6 is 0 Å². The fraction of sp³-hybridized carbons (Fsp3) is 0.889. The van der Waals surface area contributed by atoms with Crippen molar-refractivity contribution in [1.29, 1.82) is 0 Å². The van der Waals surface area contributed by atoms with Gasteiger partial charge in [-0.15, -0.1) is 0 Å². The van der Waals surface area contributed by atoms with Crippen molar-refractivity contribution in [2.45, 2.75) is 45.4 Å². The first kappa shape index (κ1) is 8.57. The van der Waals surface area contributed by atoms with Gasteiger partial charge in [-0.05, 0) is 31.6 Å². The van der Waals surface area contributed by atoms with Crippen LogP contribution in [-0.4, -0.2) is 10.9 Å². The van der Waals surface area contributed by atoms with Gasteiger partial charge in [0.05, 0.1) is 5.71 Å². The van der Waals surface area contributed by atoms with Crippen molar-refractivity contribution in [3.8, 4) is 0 Å². The fourth-order valence-corrected chi connectivity index (χ4v) is 1.88. The van der Waals surface area contributed by atoms with Crippen molar-refractivity contribution in [1.82, 2.24) is 0 Å². The SMILES string of the molecule is CCCC1CCC/C(=N\O)C1. The summed E-state index contributed by atoms with van der Waals surface area (Å²) in [5, 5.41) is 11.9. The second kappa shape index (κ2) is 4.37. The number of rotatable bonds is 2. The highest BCUT2D eigenvalue weighted by Crippen LogP contribution is 2.25. The molecule has 1 saturated carbocycles. The van der Waals surface area contributed by atoms with E-state index >= 15 is 0 Å². The van der Waals surface area contributed by atoms with Crippen LogP contribution in [0.5, 0.6) is 0 Å². The van der Waals surface area contributed by atoms with Crippen molar-refractivity contribution in [2.24, 2.45) is 11.1 Å². The van der Waals surface area contributed by atoms with Gasteiger partial charge in [-0.2, -0.15) is 0 Å². The van der Waals surface area contributed by atoms with E-state index in [1.165, 1.54) is 25.7 Å². The van der Waals surface area contributed by atoms with Crippen LogP contribution in [0.1, 0.15) is 45.4 Å². The maximum Gasteiger partial charge on any atom is 0.0573 e. The summed E-state index contributed by atoms with van der Waals surface area (Å²) in [5.41, 5.74) is 1.01. The van der Waals surface area contributed by atoms with E-state index in [4.69, 9.17) is 5.21 Å². The first-order valence-corrected chi connectivity index (χ1v) is 4.56. The second-order valence-electron chi connectivity index (χ2n) is 3.42. The minimum Gasteiger partial charge on any atom is -0.411 e. The molecule has 1 fully saturated rings. The third-order valence-electron chi connectivity index (χ3n) is 2.44. The molecule has 0 aromatic rings. The highest BCUT2D eigenvalue weighted by molar-refractivity contribution is 5.84. The number of hydrogen-bond acceptors (Lipinski definition) is 2. The number of oxime groups is 1. The normalized spacial score (nSPS) is 29.2. The smallest absolute Gasteiger partial charge is 0.0573 e. The third kappa shape index (κ3) is 2.52. The zero-order valence-corrected chi connectivity index (χ0v) is 7.21. The molecule has 0 aliphatic heterocycles. The molecule has 0 bridgehead atoms. The molecule has 0 spiro atoms. The topological polar surface area (TPSA) is 32.6 Å². The lowest BCUT2D eigenvalue weighted by Gasteiger charge is -2.21. The largest absolute Gasteiger partial charge is 0.411 e. The summed E-state index contributed by atoms with van der Waals surface area (Å²) in [7, 11) is 0. The second-order valence-corrected chi connectivity index (χ2v) is 3.42. The van der Waals surface area contributed by atoms with Crippen LogP contribution in [0.3, 0.4) is 0 Å². The zero-order valence-electron chi connectivity index (χ0n) is 7.21. The molecular weight excluding hydrogens is 138 g/mol. The predicted octanol–water partition coefficient (Wildman–Crippen LogP) is 2.81. The van der Waals surface area contributed by atoms with Crippen LogP contribution in [-0.2, 0) is 0 Å². The van der Waals surface area contributed by atoms with Gasteiger partial charge in [0.2, 0.25) is 0 Å². The van der Waals surface area contributed by atoms with Gasteiger partial charge in [0.15, 0.2) is 0 Å².